The molecule has 0 aliphatic heterocycles. The molecule has 0 radical (unpaired) electrons. The van der Waals surface area contributed by atoms with Gasteiger partial charge in [-0.05, 0) is 40.5 Å². The molecular formula is C11H10BrN3S2. The van der Waals surface area contributed by atoms with Crippen LogP contribution in [-0.4, -0.2) is 6.54 Å². The molecule has 0 unspecified atom stereocenters. The van der Waals surface area contributed by atoms with E-state index in [9.17, 15) is 0 Å². The van der Waals surface area contributed by atoms with Crippen LogP contribution < -0.4 is 11.1 Å². The Morgan fingerprint density at radius 1 is 1.41 bits per heavy atom. The van der Waals surface area contributed by atoms with E-state index in [1.807, 2.05) is 6.07 Å². The third kappa shape index (κ3) is 3.22. The molecule has 0 atom stereocenters. The van der Waals surface area contributed by atoms with Crippen molar-refractivity contribution in [1.82, 2.24) is 0 Å². The summed E-state index contributed by atoms with van der Waals surface area (Å²) in [7, 11) is 0. The van der Waals surface area contributed by atoms with Crippen molar-refractivity contribution < 1.29 is 0 Å². The van der Waals surface area contributed by atoms with Gasteiger partial charge >= 0.3 is 0 Å². The normalized spacial score (nSPS) is 10.1. The van der Waals surface area contributed by atoms with Gasteiger partial charge in [0.25, 0.3) is 0 Å². The Balaban J connectivity index is 1.88. The Kier molecular flexibility index (Phi) is 4.05. The minimum Gasteiger partial charge on any atom is -0.397 e. The monoisotopic (exact) mass is 327 g/mol. The molecule has 0 fully saturated rings. The molecule has 6 heteroatoms. The second-order valence-electron chi connectivity index (χ2n) is 3.39. The number of hydrogen-bond acceptors (Lipinski definition) is 5. The zero-order valence-corrected chi connectivity index (χ0v) is 12.1. The van der Waals surface area contributed by atoms with Crippen molar-refractivity contribution in [2.75, 3.05) is 17.6 Å². The highest BCUT2D eigenvalue weighted by atomic mass is 79.9. The van der Waals surface area contributed by atoms with Crippen LogP contribution in [0.25, 0.3) is 0 Å². The first kappa shape index (κ1) is 12.4. The summed E-state index contributed by atoms with van der Waals surface area (Å²) < 4.78 is 1.15. The number of thiophene rings is 2. The predicted octanol–water partition coefficient (Wildman–Crippen LogP) is 3.68. The van der Waals surface area contributed by atoms with Crippen LogP contribution in [0.15, 0.2) is 22.0 Å². The van der Waals surface area contributed by atoms with Gasteiger partial charge in [0.05, 0.1) is 14.5 Å². The van der Waals surface area contributed by atoms with E-state index < -0.39 is 0 Å². The fourth-order valence-corrected chi connectivity index (χ4v) is 3.66. The lowest BCUT2D eigenvalue weighted by atomic mass is 10.3. The second kappa shape index (κ2) is 5.54. The van der Waals surface area contributed by atoms with Gasteiger partial charge in [-0.25, -0.2) is 0 Å². The molecule has 2 heterocycles. The van der Waals surface area contributed by atoms with Crippen LogP contribution in [0.5, 0.6) is 0 Å². The number of nitrogens with two attached hydrogens (primary N) is 1. The molecule has 0 bridgehead atoms. The van der Waals surface area contributed by atoms with E-state index in [4.69, 9.17) is 11.0 Å². The van der Waals surface area contributed by atoms with Gasteiger partial charge < -0.3 is 11.1 Å². The number of nitrogen functional groups attached to an aromatic ring is 1. The molecule has 0 amide bonds. The first-order chi connectivity index (χ1) is 8.19. The molecule has 17 heavy (non-hydrogen) atoms. The van der Waals surface area contributed by atoms with Crippen LogP contribution in [0.1, 0.15) is 9.75 Å². The lowest BCUT2D eigenvalue weighted by Crippen LogP contribution is -2.02. The highest BCUT2D eigenvalue weighted by Gasteiger charge is 2.05. The van der Waals surface area contributed by atoms with E-state index in [1.54, 1.807) is 11.3 Å². The van der Waals surface area contributed by atoms with Gasteiger partial charge in [0, 0.05) is 11.4 Å². The maximum absolute atomic E-state index is 8.79. The molecule has 0 spiro atoms. The average molecular weight is 328 g/mol. The SMILES string of the molecule is N#Cc1sc(NCCc2ccc(Br)s2)cc1N. The molecule has 0 saturated carbocycles. The van der Waals surface area contributed by atoms with Gasteiger partial charge in [0.2, 0.25) is 0 Å². The van der Waals surface area contributed by atoms with Crippen LogP contribution in [0.3, 0.4) is 0 Å². The van der Waals surface area contributed by atoms with Crippen molar-refractivity contribution in [1.29, 1.82) is 5.26 Å². The summed E-state index contributed by atoms with van der Waals surface area (Å²) in [4.78, 5) is 1.90. The Morgan fingerprint density at radius 3 is 2.82 bits per heavy atom. The van der Waals surface area contributed by atoms with Crippen molar-refractivity contribution >= 4 is 49.3 Å². The third-order valence-electron chi connectivity index (χ3n) is 2.16. The minimum absolute atomic E-state index is 0.555. The van der Waals surface area contributed by atoms with Crippen LogP contribution in [0.2, 0.25) is 0 Å². The van der Waals surface area contributed by atoms with Gasteiger partial charge in [-0.1, -0.05) is 0 Å². The number of nitrogens with zero attached hydrogens (tertiary/aromatic N) is 1. The highest BCUT2D eigenvalue weighted by Crippen LogP contribution is 2.28. The highest BCUT2D eigenvalue weighted by molar-refractivity contribution is 9.11. The van der Waals surface area contributed by atoms with Crippen molar-refractivity contribution in [3.05, 3.63) is 31.7 Å². The quantitative estimate of drug-likeness (QED) is 0.900. The Labute approximate surface area is 116 Å². The molecule has 2 aromatic heterocycles. The summed E-state index contributed by atoms with van der Waals surface area (Å²) in [6, 6.07) is 8.05. The third-order valence-corrected chi connectivity index (χ3v) is 4.86. The van der Waals surface area contributed by atoms with Crippen molar-refractivity contribution in [3.8, 4) is 6.07 Å². The smallest absolute Gasteiger partial charge is 0.129 e. The molecule has 0 aliphatic rings. The van der Waals surface area contributed by atoms with Gasteiger partial charge in [-0.3, -0.25) is 0 Å². The maximum atomic E-state index is 8.79. The lowest BCUT2D eigenvalue weighted by molar-refractivity contribution is 1.05. The Bertz CT molecular complexity index is 553. The largest absolute Gasteiger partial charge is 0.397 e. The summed E-state index contributed by atoms with van der Waals surface area (Å²) in [5.41, 5.74) is 6.24. The van der Waals surface area contributed by atoms with Gasteiger partial charge in [0.1, 0.15) is 10.9 Å². The van der Waals surface area contributed by atoms with Crippen molar-refractivity contribution in [3.63, 3.8) is 0 Å². The summed E-state index contributed by atoms with van der Waals surface area (Å²) in [5, 5.41) is 13.0. The Morgan fingerprint density at radius 2 is 2.24 bits per heavy atom. The second-order valence-corrected chi connectivity index (χ2v) is 6.99. The van der Waals surface area contributed by atoms with Gasteiger partial charge in [-0.15, -0.1) is 22.7 Å². The molecule has 88 valence electrons. The van der Waals surface area contributed by atoms with Gasteiger partial charge in [0.15, 0.2) is 0 Å². The van der Waals surface area contributed by atoms with Crippen LogP contribution >= 0.6 is 38.6 Å². The van der Waals surface area contributed by atoms with Gasteiger partial charge in [-0.2, -0.15) is 5.26 Å². The topological polar surface area (TPSA) is 61.8 Å². The molecule has 2 aromatic rings. The van der Waals surface area contributed by atoms with Crippen molar-refractivity contribution in [2.24, 2.45) is 0 Å². The van der Waals surface area contributed by atoms with E-state index in [-0.39, 0.29) is 0 Å². The van der Waals surface area contributed by atoms with Crippen LogP contribution in [0.4, 0.5) is 10.7 Å². The molecule has 0 aromatic carbocycles. The predicted molar refractivity (Wildman–Crippen MR) is 77.7 cm³/mol. The fourth-order valence-electron chi connectivity index (χ4n) is 1.37. The number of anilines is 2. The van der Waals surface area contributed by atoms with E-state index in [0.717, 1.165) is 21.8 Å². The fraction of sp³-hybridized carbons (Fsp3) is 0.182. The van der Waals surface area contributed by atoms with E-state index in [2.05, 4.69) is 39.4 Å². The summed E-state index contributed by atoms with van der Waals surface area (Å²) in [6.07, 6.45) is 0.968. The molecule has 0 saturated heterocycles. The first-order valence-corrected chi connectivity index (χ1v) is 7.39. The molecular weight excluding hydrogens is 318 g/mol. The summed E-state index contributed by atoms with van der Waals surface area (Å²) in [5.74, 6) is 0. The Hall–Kier alpha value is -1.03. The zero-order chi connectivity index (χ0) is 12.3. The van der Waals surface area contributed by atoms with Crippen LogP contribution in [-0.2, 0) is 6.42 Å². The van der Waals surface area contributed by atoms with E-state index >= 15 is 0 Å². The maximum Gasteiger partial charge on any atom is 0.129 e. The van der Waals surface area contributed by atoms with Crippen LogP contribution in [0, 0.1) is 11.3 Å². The molecule has 3 nitrogen and oxygen atoms in total. The molecule has 2 rings (SSSR count). The average Bonchev–Trinajstić information content (AvgIpc) is 2.85. The number of rotatable bonds is 4. The number of nitriles is 1. The van der Waals surface area contributed by atoms with E-state index in [1.165, 1.54) is 16.2 Å². The first-order valence-electron chi connectivity index (χ1n) is 4.96. The standard InChI is InChI=1S/C11H10BrN3S2/c12-10-2-1-7(16-10)3-4-15-11-5-8(14)9(6-13)17-11/h1-2,5,15H,3-4,14H2. The minimum atomic E-state index is 0.555. The molecule has 3 N–H and O–H groups in total. The summed E-state index contributed by atoms with van der Waals surface area (Å²) in [6.45, 7) is 0.845. The zero-order valence-electron chi connectivity index (χ0n) is 8.87. The summed E-state index contributed by atoms with van der Waals surface area (Å²) >= 11 is 6.57. The number of halogens is 1. The molecule has 0 aliphatic carbocycles. The number of nitrogens with one attached hydrogen (secondary N) is 1. The lowest BCUT2D eigenvalue weighted by Gasteiger charge is -2.00. The van der Waals surface area contributed by atoms with E-state index in [0.29, 0.717) is 10.6 Å². The van der Waals surface area contributed by atoms with Crippen molar-refractivity contribution in [2.45, 2.75) is 6.42 Å². The number of hydrogen-bond donors (Lipinski definition) is 2.